The third kappa shape index (κ3) is 7.48. The summed E-state index contributed by atoms with van der Waals surface area (Å²) in [6.45, 7) is 6.03. The predicted molar refractivity (Wildman–Crippen MR) is 46.9 cm³/mol. The summed E-state index contributed by atoms with van der Waals surface area (Å²) in [5.41, 5.74) is 0. The number of hydrogen-bond donors (Lipinski definition) is 0. The quantitative estimate of drug-likeness (QED) is 0.617. The lowest BCUT2D eigenvalue weighted by Gasteiger charge is -2.16. The molecule has 0 aromatic rings. The summed E-state index contributed by atoms with van der Waals surface area (Å²) in [6.07, 6.45) is -0.129. The van der Waals surface area contributed by atoms with Crippen molar-refractivity contribution in [1.82, 2.24) is 0 Å². The molecule has 0 N–H and O–H groups in total. The van der Waals surface area contributed by atoms with Gasteiger partial charge in [-0.05, 0) is 13.8 Å². The second-order valence-electron chi connectivity index (χ2n) is 2.69. The lowest BCUT2D eigenvalue weighted by atomic mass is 10.5. The minimum atomic E-state index is -2.61. The first-order chi connectivity index (χ1) is 5.91. The Labute approximate surface area is 78.9 Å². The summed E-state index contributed by atoms with van der Waals surface area (Å²) in [5, 5.41) is 0. The van der Waals surface area contributed by atoms with Crippen LogP contribution in [-0.2, 0) is 22.9 Å². The van der Waals surface area contributed by atoms with Crippen molar-refractivity contribution in [2.75, 3.05) is 0 Å². The largest absolute Gasteiger partial charge is 0.619 e. The molecule has 5 nitrogen and oxygen atoms in total. The van der Waals surface area contributed by atoms with Gasteiger partial charge in [-0.1, -0.05) is 0 Å². The van der Waals surface area contributed by atoms with Gasteiger partial charge in [-0.25, -0.2) is 0 Å². The Kier molecular flexibility index (Phi) is 5.32. The zero-order valence-electron chi connectivity index (χ0n) is 8.20. The molecule has 0 aliphatic rings. The van der Waals surface area contributed by atoms with Gasteiger partial charge in [0.2, 0.25) is 0 Å². The van der Waals surface area contributed by atoms with Crippen molar-refractivity contribution in [1.29, 1.82) is 0 Å². The van der Waals surface area contributed by atoms with E-state index in [0.29, 0.717) is 0 Å². The molecular weight excluding hydrogens is 192 g/mol. The first-order valence-electron chi connectivity index (χ1n) is 3.91. The topological polar surface area (TPSA) is 61.8 Å². The summed E-state index contributed by atoms with van der Waals surface area (Å²) < 4.78 is 14.5. The molecule has 0 amide bonds. The summed E-state index contributed by atoms with van der Waals surface area (Å²) in [5.74, 6) is -1.00. The normalized spacial score (nSPS) is 10.3. The molecule has 0 unspecified atom stereocenters. The van der Waals surface area contributed by atoms with Gasteiger partial charge in [0, 0.05) is 20.0 Å². The Hall–Kier alpha value is -0.883. The Morgan fingerprint density at radius 2 is 1.46 bits per heavy atom. The van der Waals surface area contributed by atoms with Crippen LogP contribution in [0.1, 0.15) is 27.7 Å². The van der Waals surface area contributed by atoms with Crippen LogP contribution in [0.3, 0.4) is 0 Å². The van der Waals surface area contributed by atoms with Gasteiger partial charge in [0.15, 0.2) is 0 Å². The molecule has 0 bridgehead atoms. The fraction of sp³-hybridized carbons (Fsp3) is 0.714. The van der Waals surface area contributed by atoms with Crippen LogP contribution in [0.25, 0.3) is 0 Å². The molecule has 0 aliphatic carbocycles. The van der Waals surface area contributed by atoms with Crippen molar-refractivity contribution in [3.63, 3.8) is 0 Å². The molecule has 0 aromatic heterocycles. The van der Waals surface area contributed by atoms with Crippen LogP contribution < -0.4 is 0 Å². The summed E-state index contributed by atoms with van der Waals surface area (Å²) in [4.78, 5) is 21.1. The molecule has 0 fully saturated rings. The highest BCUT2D eigenvalue weighted by molar-refractivity contribution is 6.41. The minimum Gasteiger partial charge on any atom is -0.467 e. The van der Waals surface area contributed by atoms with E-state index >= 15 is 0 Å². The van der Waals surface area contributed by atoms with E-state index in [2.05, 4.69) is 0 Å². The monoisotopic (exact) mass is 206 g/mol. The molecule has 76 valence electrons. The first-order valence-corrected chi connectivity index (χ1v) is 5.33. The van der Waals surface area contributed by atoms with Crippen LogP contribution in [0.5, 0.6) is 0 Å². The van der Waals surface area contributed by atoms with E-state index in [-0.39, 0.29) is 6.10 Å². The molecule has 6 heteroatoms. The molecule has 0 rings (SSSR count). The van der Waals surface area contributed by atoms with E-state index in [9.17, 15) is 9.59 Å². The highest BCUT2D eigenvalue weighted by Crippen LogP contribution is 1.98. The smallest absolute Gasteiger partial charge is 0.467 e. The van der Waals surface area contributed by atoms with Crippen LogP contribution >= 0.6 is 0 Å². The molecule has 0 spiro atoms. The maximum atomic E-state index is 10.6. The number of carbonyl (C=O) groups is 2. The molecule has 0 atom stereocenters. The van der Waals surface area contributed by atoms with E-state index < -0.39 is 21.5 Å². The maximum absolute atomic E-state index is 10.6. The average molecular weight is 206 g/mol. The second-order valence-corrected chi connectivity index (χ2v) is 4.01. The van der Waals surface area contributed by atoms with Gasteiger partial charge in [0.05, 0.1) is 0 Å². The molecule has 0 saturated heterocycles. The van der Waals surface area contributed by atoms with Crippen LogP contribution in [0.15, 0.2) is 0 Å². The summed E-state index contributed by atoms with van der Waals surface area (Å²) in [6, 6.07) is 0. The molecule has 0 radical (unpaired) electrons. The SMILES string of the molecule is CC(=O)O[SiH](OC(C)=O)OC(C)C. The molecule has 0 aromatic carbocycles. The van der Waals surface area contributed by atoms with E-state index in [4.69, 9.17) is 13.3 Å². The van der Waals surface area contributed by atoms with E-state index in [1.165, 1.54) is 13.8 Å². The maximum Gasteiger partial charge on any atom is 0.619 e. The van der Waals surface area contributed by atoms with Gasteiger partial charge >= 0.3 is 9.53 Å². The Balaban J connectivity index is 4.02. The standard InChI is InChI=1S/C7H14O5Si/c1-5(2)10-13(11-6(3)8)12-7(4)9/h5,13H,1-4H3. The summed E-state index contributed by atoms with van der Waals surface area (Å²) in [7, 11) is -2.61. The van der Waals surface area contributed by atoms with E-state index in [1.54, 1.807) is 13.8 Å². The van der Waals surface area contributed by atoms with Crippen molar-refractivity contribution in [3.05, 3.63) is 0 Å². The van der Waals surface area contributed by atoms with Crippen molar-refractivity contribution < 1.29 is 22.9 Å². The number of carbonyl (C=O) groups excluding carboxylic acids is 2. The summed E-state index contributed by atoms with van der Waals surface area (Å²) >= 11 is 0. The number of rotatable bonds is 4. The van der Waals surface area contributed by atoms with Gasteiger partial charge in [-0.3, -0.25) is 9.59 Å². The third-order valence-corrected chi connectivity index (χ3v) is 2.72. The Morgan fingerprint density at radius 3 is 1.69 bits per heavy atom. The molecule has 0 heterocycles. The second kappa shape index (κ2) is 5.71. The molecule has 13 heavy (non-hydrogen) atoms. The van der Waals surface area contributed by atoms with Crippen LogP contribution in [0.4, 0.5) is 0 Å². The average Bonchev–Trinajstić information content (AvgIpc) is 1.80. The minimum absolute atomic E-state index is 0.129. The van der Waals surface area contributed by atoms with Gasteiger partial charge in [-0.2, -0.15) is 0 Å². The fourth-order valence-corrected chi connectivity index (χ4v) is 1.72. The van der Waals surface area contributed by atoms with Crippen molar-refractivity contribution in [2.24, 2.45) is 0 Å². The van der Waals surface area contributed by atoms with Crippen LogP contribution in [0, 0.1) is 0 Å². The van der Waals surface area contributed by atoms with Gasteiger partial charge in [-0.15, -0.1) is 0 Å². The lowest BCUT2D eigenvalue weighted by Crippen LogP contribution is -2.33. The van der Waals surface area contributed by atoms with Crippen molar-refractivity contribution in [3.8, 4) is 0 Å². The van der Waals surface area contributed by atoms with Crippen molar-refractivity contribution in [2.45, 2.75) is 33.8 Å². The molecule has 0 aliphatic heterocycles. The van der Waals surface area contributed by atoms with Crippen LogP contribution in [-0.4, -0.2) is 27.6 Å². The van der Waals surface area contributed by atoms with Crippen LogP contribution in [0.2, 0.25) is 0 Å². The third-order valence-electron chi connectivity index (χ3n) is 0.908. The van der Waals surface area contributed by atoms with E-state index in [0.717, 1.165) is 0 Å². The van der Waals surface area contributed by atoms with Gasteiger partial charge in [0.25, 0.3) is 11.9 Å². The Bertz CT molecular complexity index is 175. The lowest BCUT2D eigenvalue weighted by molar-refractivity contribution is -0.141. The molecule has 0 saturated carbocycles. The van der Waals surface area contributed by atoms with E-state index in [1.807, 2.05) is 0 Å². The van der Waals surface area contributed by atoms with Gasteiger partial charge < -0.3 is 13.3 Å². The Morgan fingerprint density at radius 1 is 1.08 bits per heavy atom. The zero-order valence-corrected chi connectivity index (χ0v) is 9.35. The zero-order chi connectivity index (χ0) is 10.4. The van der Waals surface area contributed by atoms with Crippen molar-refractivity contribution >= 4 is 21.5 Å². The highest BCUT2D eigenvalue weighted by atomic mass is 28.3. The molecular formula is C7H14O5Si. The predicted octanol–water partition coefficient (Wildman–Crippen LogP) is 0.255. The first kappa shape index (κ1) is 12.1. The fourth-order valence-electron chi connectivity index (χ4n) is 0.573. The van der Waals surface area contributed by atoms with Gasteiger partial charge in [0.1, 0.15) is 0 Å². The highest BCUT2D eigenvalue weighted by Gasteiger charge is 2.23. The number of hydrogen-bond acceptors (Lipinski definition) is 5.